The van der Waals surface area contributed by atoms with Crippen LogP contribution in [0.3, 0.4) is 0 Å². The molecule has 6 N–H and O–H groups in total. The van der Waals surface area contributed by atoms with E-state index in [-0.39, 0.29) is 61.3 Å². The molecule has 9 aromatic rings. The fourth-order valence-corrected chi connectivity index (χ4v) is 13.9. The van der Waals surface area contributed by atoms with E-state index in [1.165, 1.54) is 5.69 Å². The molecule has 10 heterocycles. The Bertz CT molecular complexity index is 4050. The summed E-state index contributed by atoms with van der Waals surface area (Å²) in [6, 6.07) is 6.79. The van der Waals surface area contributed by atoms with Crippen LogP contribution < -0.4 is 16.0 Å². The monoisotopic (exact) mass is 1370 g/mol. The minimum atomic E-state index is -0.320. The molecule has 0 unspecified atom stereocenters. The maximum absolute atomic E-state index is 11.8. The van der Waals surface area contributed by atoms with Crippen LogP contribution in [0.25, 0.3) is 49.9 Å². The lowest BCUT2D eigenvalue weighted by Gasteiger charge is -2.26. The fourth-order valence-electron chi connectivity index (χ4n) is 13.9. The summed E-state index contributed by atoms with van der Waals surface area (Å²) in [5, 5.41) is 67.6. The number of nitrogens with one attached hydrogen (secondary N) is 3. The SMILES string of the molecule is CCOC(=O)Cn1cc(-c2cc(C3CCC(O)CC3)n3nc(N[C@@H](C)COC)ncc23)cn1.COC[C@H](C)Nc1ncc2c(-c3cnn(CC(C)=O)c3)cc(C3CCC(O)CC3)n2n1.COC[C@H](C)Nc1ncc2c(-c3cnn(CCN4CCOCC4)c3)cc(C3CCC(O)CC3)n2n1. The summed E-state index contributed by atoms with van der Waals surface area (Å²) in [4.78, 5) is 39.4. The van der Waals surface area contributed by atoms with Crippen LogP contribution in [-0.4, -0.2) is 222 Å². The van der Waals surface area contributed by atoms with Crippen LogP contribution in [0.4, 0.5) is 17.8 Å². The number of anilines is 3. The molecule has 4 aliphatic rings. The summed E-state index contributed by atoms with van der Waals surface area (Å²) >= 11 is 0. The van der Waals surface area contributed by atoms with E-state index in [0.29, 0.717) is 62.0 Å². The second-order valence-corrected chi connectivity index (χ2v) is 26.9. The van der Waals surface area contributed by atoms with Gasteiger partial charge in [-0.1, -0.05) is 0 Å². The molecule has 0 amide bonds. The summed E-state index contributed by atoms with van der Waals surface area (Å²) in [5.74, 6) is 2.37. The van der Waals surface area contributed by atoms with E-state index in [0.717, 1.165) is 178 Å². The number of carbonyl (C=O) groups excluding carboxylic acids is 2. The molecule has 3 saturated carbocycles. The molecule has 534 valence electrons. The van der Waals surface area contributed by atoms with Crippen LogP contribution in [0.2, 0.25) is 0 Å². The predicted octanol–water partition coefficient (Wildman–Crippen LogP) is 7.66. The van der Waals surface area contributed by atoms with E-state index in [4.69, 9.17) is 39.0 Å². The van der Waals surface area contributed by atoms with Gasteiger partial charge in [-0.15, -0.1) is 15.3 Å². The van der Waals surface area contributed by atoms with Gasteiger partial charge in [0.15, 0.2) is 5.78 Å². The van der Waals surface area contributed by atoms with Gasteiger partial charge in [-0.05, 0) is 130 Å². The number of morpholine rings is 1. The average molecular weight is 1370 g/mol. The summed E-state index contributed by atoms with van der Waals surface area (Å²) < 4.78 is 37.4. The number of aromatic nitrogens is 15. The number of Topliss-reactive ketones (excluding diaryl/α,β-unsaturated/α-hetero) is 1. The van der Waals surface area contributed by atoms with Crippen molar-refractivity contribution < 1.29 is 48.6 Å². The Balaban J connectivity index is 0.000000150. The number of aliphatic hydroxyl groups excluding tert-OH is 3. The second-order valence-electron chi connectivity index (χ2n) is 26.9. The van der Waals surface area contributed by atoms with Gasteiger partial charge >= 0.3 is 5.97 Å². The van der Waals surface area contributed by atoms with E-state index in [2.05, 4.69) is 75.5 Å². The van der Waals surface area contributed by atoms with Crippen molar-refractivity contribution in [1.29, 1.82) is 0 Å². The quantitative estimate of drug-likeness (QED) is 0.0283. The molecule has 4 fully saturated rings. The second kappa shape index (κ2) is 34.2. The number of hydrogen-bond donors (Lipinski definition) is 6. The van der Waals surface area contributed by atoms with Crippen LogP contribution in [0, 0.1) is 0 Å². The van der Waals surface area contributed by atoms with Gasteiger partial charge in [0, 0.05) is 146 Å². The Morgan fingerprint density at radius 3 is 1.22 bits per heavy atom. The number of aliphatic hydroxyl groups is 3. The Morgan fingerprint density at radius 1 is 0.515 bits per heavy atom. The molecule has 13 rings (SSSR count). The van der Waals surface area contributed by atoms with Gasteiger partial charge in [-0.3, -0.25) is 28.5 Å². The fraction of sp³-hybridized carbons (Fsp3) is 0.586. The summed E-state index contributed by atoms with van der Waals surface area (Å²) in [5.41, 5.74) is 12.1. The summed E-state index contributed by atoms with van der Waals surface area (Å²) in [7, 11) is 5.03. The van der Waals surface area contributed by atoms with Crippen molar-refractivity contribution >= 4 is 46.1 Å². The van der Waals surface area contributed by atoms with Gasteiger partial charge in [-0.2, -0.15) is 15.3 Å². The third kappa shape index (κ3) is 18.6. The minimum absolute atomic E-state index is 0.0575. The van der Waals surface area contributed by atoms with Crippen molar-refractivity contribution in [2.24, 2.45) is 0 Å². The van der Waals surface area contributed by atoms with Gasteiger partial charge < -0.3 is 55.0 Å². The molecule has 29 nitrogen and oxygen atoms in total. The first-order chi connectivity index (χ1) is 48.0. The number of carbonyl (C=O) groups is 2. The molecule has 99 heavy (non-hydrogen) atoms. The van der Waals surface area contributed by atoms with E-state index in [1.54, 1.807) is 56.9 Å². The molecule has 3 atom stereocenters. The molecule has 3 aliphatic carbocycles. The summed E-state index contributed by atoms with van der Waals surface area (Å²) in [6.45, 7) is 17.1. The minimum Gasteiger partial charge on any atom is -0.465 e. The number of esters is 1. The first-order valence-corrected chi connectivity index (χ1v) is 35.0. The van der Waals surface area contributed by atoms with Crippen molar-refractivity contribution in [3.05, 3.63) is 91.1 Å². The summed E-state index contributed by atoms with van der Waals surface area (Å²) in [6.07, 6.45) is 26.6. The van der Waals surface area contributed by atoms with Gasteiger partial charge in [0.2, 0.25) is 17.8 Å². The molecule has 0 spiro atoms. The normalized spacial score (nSPS) is 20.8. The van der Waals surface area contributed by atoms with Crippen molar-refractivity contribution in [3.8, 4) is 33.4 Å². The molecule has 1 aliphatic heterocycles. The maximum atomic E-state index is 11.8. The van der Waals surface area contributed by atoms with Gasteiger partial charge in [0.25, 0.3) is 0 Å². The molecule has 29 heteroatoms. The average Bonchev–Trinajstić information content (AvgIpc) is 1.63. The molecular weight excluding hydrogens is 1270 g/mol. The topological polar surface area (TPSA) is 324 Å². The maximum Gasteiger partial charge on any atom is 0.327 e. The molecule has 9 aromatic heterocycles. The molecule has 0 bridgehead atoms. The highest BCUT2D eigenvalue weighted by Gasteiger charge is 2.30. The van der Waals surface area contributed by atoms with E-state index >= 15 is 0 Å². The van der Waals surface area contributed by atoms with E-state index in [9.17, 15) is 24.9 Å². The highest BCUT2D eigenvalue weighted by Crippen LogP contribution is 2.41. The number of nitrogens with zero attached hydrogens (tertiary/aromatic N) is 16. The van der Waals surface area contributed by atoms with Gasteiger partial charge in [0.1, 0.15) is 6.54 Å². The largest absolute Gasteiger partial charge is 0.465 e. The number of hydrogen-bond acceptors (Lipinski definition) is 23. The first kappa shape index (κ1) is 72.0. The molecule has 0 radical (unpaired) electrons. The third-order valence-corrected chi connectivity index (χ3v) is 18.9. The van der Waals surface area contributed by atoms with Crippen molar-refractivity contribution in [2.45, 2.75) is 185 Å². The van der Waals surface area contributed by atoms with Crippen LogP contribution >= 0.6 is 0 Å². The zero-order valence-electron chi connectivity index (χ0n) is 58.4. The number of ketones is 1. The van der Waals surface area contributed by atoms with Crippen LogP contribution in [-0.2, 0) is 52.9 Å². The van der Waals surface area contributed by atoms with Crippen molar-refractivity contribution in [3.63, 3.8) is 0 Å². The van der Waals surface area contributed by atoms with E-state index in [1.807, 2.05) is 76.2 Å². The Hall–Kier alpha value is -8.29. The van der Waals surface area contributed by atoms with Gasteiger partial charge in [-0.25, -0.2) is 28.5 Å². The standard InChI is InChI=1S/C25H37N7O3.C23H32N6O4.C22H30N6O3/c1-18(17-34-2)28-25-26-15-24-22(13-23(32(24)29-25)19-3-5-21(33)6-4-19)20-14-27-31(16-20)8-7-30-9-11-35-12-10-30;1-4-33-22(31)13-28-12-17(10-25-28)19-9-20(16-5-7-18(30)8-6-16)29-21(19)11-24-23(27-29)26-15(2)14-32-3;1-14(13-31-3)25-22-23-10-21-19(17-9-24-27(12-17)11-15(2)29)8-20(28(21)26-22)16-4-6-18(30)7-5-16/h13-16,18-19,21,33H,3-12,17H2,1-2H3,(H,28,29);9-12,15-16,18,30H,4-8,13-14H2,1-3H3,(H,26,27);8-10,12,14,16,18,30H,4-7,11,13H2,1-3H3,(H,25,26)/t18-,19?,21?;15-,16?,18?;14-,16?,18?/m000/s1. The van der Waals surface area contributed by atoms with Crippen LogP contribution in [0.1, 0.15) is 147 Å². The number of ether oxygens (including phenoxy) is 5. The zero-order chi connectivity index (χ0) is 69.5. The predicted molar refractivity (Wildman–Crippen MR) is 374 cm³/mol. The smallest absolute Gasteiger partial charge is 0.327 e. The van der Waals surface area contributed by atoms with Crippen molar-refractivity contribution in [1.82, 2.24) is 78.0 Å². The number of methoxy groups -OCH3 is 3. The Kier molecular flexibility index (Phi) is 24.9. The first-order valence-electron chi connectivity index (χ1n) is 35.0. The zero-order valence-corrected chi connectivity index (χ0v) is 58.4. The highest BCUT2D eigenvalue weighted by atomic mass is 16.5. The molecular formula is C70H99N19O10. The van der Waals surface area contributed by atoms with Crippen LogP contribution in [0.5, 0.6) is 0 Å². The van der Waals surface area contributed by atoms with Gasteiger partial charge in [0.05, 0.1) is 125 Å². The van der Waals surface area contributed by atoms with E-state index < -0.39 is 0 Å². The lowest BCUT2D eigenvalue weighted by molar-refractivity contribution is -0.144. The molecule has 0 aromatic carbocycles. The van der Waals surface area contributed by atoms with Crippen LogP contribution in [0.15, 0.2) is 74.0 Å². The number of fused-ring (bicyclic) bond motifs is 3. The lowest BCUT2D eigenvalue weighted by Crippen LogP contribution is -2.38. The third-order valence-electron chi connectivity index (χ3n) is 18.9. The Labute approximate surface area is 576 Å². The number of rotatable bonds is 26. The molecule has 1 saturated heterocycles. The lowest BCUT2D eigenvalue weighted by atomic mass is 9.85. The van der Waals surface area contributed by atoms with Crippen molar-refractivity contribution in [2.75, 3.05) is 96.6 Å². The Morgan fingerprint density at radius 2 is 0.869 bits per heavy atom. The highest BCUT2D eigenvalue weighted by molar-refractivity contribution is 5.83.